The zero-order valence-electron chi connectivity index (χ0n) is 31.7. The third-order valence-corrected chi connectivity index (χ3v) is 16.1. The molecule has 5 saturated carbocycles. The molecule has 0 saturated heterocycles. The number of hydrogen-bond donors (Lipinski definition) is 1. The van der Waals surface area contributed by atoms with Gasteiger partial charge in [0.25, 0.3) is 0 Å². The normalized spacial score (nSPS) is 40.6. The second-order valence-corrected chi connectivity index (χ2v) is 18.7. The smallest absolute Gasteiger partial charge is 0.306 e. The molecule has 5 aliphatic carbocycles. The highest BCUT2D eigenvalue weighted by atomic mass is 16.5. The van der Waals surface area contributed by atoms with Crippen LogP contribution >= 0.6 is 0 Å². The number of carbonyl (C=O) groups excluding carboxylic acids is 2. The quantitative estimate of drug-likeness (QED) is 0.187. The molecule has 6 rings (SSSR count). The lowest BCUT2D eigenvalue weighted by Crippen LogP contribution is -2.66. The molecule has 5 fully saturated rings. The first-order valence-corrected chi connectivity index (χ1v) is 19.5. The van der Waals surface area contributed by atoms with Crippen LogP contribution in [0.25, 0.3) is 0 Å². The molecule has 6 nitrogen and oxygen atoms in total. The van der Waals surface area contributed by atoms with Gasteiger partial charge in [-0.1, -0.05) is 60.3 Å². The first-order valence-electron chi connectivity index (χ1n) is 19.5. The molecule has 0 heterocycles. The molecule has 0 unspecified atom stereocenters. The van der Waals surface area contributed by atoms with Crippen molar-refractivity contribution in [1.29, 1.82) is 0 Å². The molecule has 1 amide bonds. The maximum atomic E-state index is 12.8. The fourth-order valence-electron chi connectivity index (χ4n) is 13.3. The van der Waals surface area contributed by atoms with Gasteiger partial charge in [-0.15, -0.1) is 0 Å². The van der Waals surface area contributed by atoms with E-state index in [2.05, 4.69) is 53.7 Å². The minimum Gasteiger partial charge on any atom is -0.497 e. The van der Waals surface area contributed by atoms with Gasteiger partial charge in [-0.05, 0) is 145 Å². The fourth-order valence-corrected chi connectivity index (χ4v) is 13.3. The van der Waals surface area contributed by atoms with Crippen LogP contribution in [-0.2, 0) is 25.7 Å². The summed E-state index contributed by atoms with van der Waals surface area (Å²) in [6, 6.07) is 8.18. The van der Waals surface area contributed by atoms with Crippen LogP contribution in [0.4, 0.5) is 0 Å². The SMILES string of the molecule is C=C(COCc1ccc(OC)cc1)[C@@H]1CC[C@]2(C)CC[C@]3(C)[C@H](CC[C@@H]4[C@@]5(C)CC[C@H](OC(=O)CCCC(N)=O)C(C)(C)[C@@H]5CC[C@]43C)[C@@H]12. The number of rotatable bonds is 11. The molecule has 0 aliphatic heterocycles. The number of amides is 1. The fraction of sp³-hybridized carbons (Fsp3) is 0.767. The number of ether oxygens (including phenoxy) is 3. The predicted molar refractivity (Wildman–Crippen MR) is 195 cm³/mol. The number of methoxy groups -OCH3 is 1. The molecule has 1 aromatic carbocycles. The van der Waals surface area contributed by atoms with Gasteiger partial charge in [0.1, 0.15) is 11.9 Å². The van der Waals surface area contributed by atoms with Gasteiger partial charge < -0.3 is 19.9 Å². The van der Waals surface area contributed by atoms with E-state index in [4.69, 9.17) is 26.5 Å². The second-order valence-electron chi connectivity index (χ2n) is 18.7. The molecule has 0 radical (unpaired) electrons. The van der Waals surface area contributed by atoms with E-state index in [1.807, 2.05) is 12.1 Å². The van der Waals surface area contributed by atoms with Crippen molar-refractivity contribution in [3.8, 4) is 5.75 Å². The van der Waals surface area contributed by atoms with Gasteiger partial charge in [0.15, 0.2) is 0 Å². The summed E-state index contributed by atoms with van der Waals surface area (Å²) in [5.41, 5.74) is 8.89. The summed E-state index contributed by atoms with van der Waals surface area (Å²) in [4.78, 5) is 24.0. The predicted octanol–water partition coefficient (Wildman–Crippen LogP) is 9.44. The van der Waals surface area contributed by atoms with Gasteiger partial charge in [-0.25, -0.2) is 0 Å². The average Bonchev–Trinajstić information content (AvgIpc) is 3.40. The van der Waals surface area contributed by atoms with E-state index < -0.39 is 0 Å². The zero-order chi connectivity index (χ0) is 35.4. The first kappa shape index (κ1) is 36.5. The Morgan fingerprint density at radius 1 is 0.837 bits per heavy atom. The van der Waals surface area contributed by atoms with Crippen molar-refractivity contribution in [3.05, 3.63) is 42.0 Å². The minimum absolute atomic E-state index is 0.0736. The summed E-state index contributed by atoms with van der Waals surface area (Å²) in [6.07, 6.45) is 13.2. The number of carbonyl (C=O) groups is 2. The molecule has 0 aromatic heterocycles. The number of nitrogens with two attached hydrogens (primary N) is 1. The summed E-state index contributed by atoms with van der Waals surface area (Å²) in [5, 5.41) is 0. The lowest BCUT2D eigenvalue weighted by atomic mass is 9.32. The molecule has 0 spiro atoms. The van der Waals surface area contributed by atoms with Crippen LogP contribution in [0.1, 0.15) is 131 Å². The minimum atomic E-state index is -0.360. The molecule has 5 aliphatic rings. The Bertz CT molecular complexity index is 1400. The highest BCUT2D eigenvalue weighted by molar-refractivity contribution is 5.75. The van der Waals surface area contributed by atoms with Gasteiger partial charge in [0.2, 0.25) is 5.91 Å². The van der Waals surface area contributed by atoms with Crippen molar-refractivity contribution in [1.82, 2.24) is 0 Å². The summed E-state index contributed by atoms with van der Waals surface area (Å²) in [6.45, 7) is 21.3. The third-order valence-electron chi connectivity index (χ3n) is 16.1. The van der Waals surface area contributed by atoms with Crippen LogP contribution < -0.4 is 10.5 Å². The van der Waals surface area contributed by atoms with Crippen molar-refractivity contribution in [2.75, 3.05) is 13.7 Å². The Morgan fingerprint density at radius 2 is 1.57 bits per heavy atom. The molecule has 6 heteroatoms. The number of hydrogen-bond acceptors (Lipinski definition) is 5. The van der Waals surface area contributed by atoms with Crippen molar-refractivity contribution in [2.45, 2.75) is 138 Å². The van der Waals surface area contributed by atoms with Crippen LogP contribution in [0.2, 0.25) is 0 Å². The Hall–Kier alpha value is -2.34. The largest absolute Gasteiger partial charge is 0.497 e. The monoisotopic (exact) mass is 675 g/mol. The van der Waals surface area contributed by atoms with E-state index in [9.17, 15) is 9.59 Å². The molecule has 49 heavy (non-hydrogen) atoms. The number of primary amides is 1. The van der Waals surface area contributed by atoms with Crippen LogP contribution in [0, 0.1) is 56.7 Å². The van der Waals surface area contributed by atoms with Crippen molar-refractivity contribution in [3.63, 3.8) is 0 Å². The van der Waals surface area contributed by atoms with Crippen molar-refractivity contribution >= 4 is 11.9 Å². The molecule has 10 atom stereocenters. The van der Waals surface area contributed by atoms with Crippen LogP contribution in [0.15, 0.2) is 36.4 Å². The van der Waals surface area contributed by atoms with Crippen LogP contribution in [-0.4, -0.2) is 31.7 Å². The molecular formula is C43H65NO5. The van der Waals surface area contributed by atoms with E-state index >= 15 is 0 Å². The highest BCUT2D eigenvalue weighted by Crippen LogP contribution is 2.77. The summed E-state index contributed by atoms with van der Waals surface area (Å²) in [7, 11) is 1.70. The molecule has 272 valence electrons. The zero-order valence-corrected chi connectivity index (χ0v) is 31.7. The Balaban J connectivity index is 1.16. The first-order chi connectivity index (χ1) is 23.1. The lowest BCUT2D eigenvalue weighted by molar-refractivity contribution is -0.249. The average molecular weight is 676 g/mol. The molecular weight excluding hydrogens is 610 g/mol. The highest BCUT2D eigenvalue weighted by Gasteiger charge is 2.70. The maximum absolute atomic E-state index is 12.8. The number of esters is 1. The molecule has 2 N–H and O–H groups in total. The van der Waals surface area contributed by atoms with E-state index in [-0.39, 0.29) is 47.1 Å². The van der Waals surface area contributed by atoms with Gasteiger partial charge in [-0.2, -0.15) is 0 Å². The van der Waals surface area contributed by atoms with Crippen molar-refractivity contribution < 1.29 is 23.8 Å². The maximum Gasteiger partial charge on any atom is 0.306 e. The Morgan fingerprint density at radius 3 is 2.27 bits per heavy atom. The molecule has 0 bridgehead atoms. The van der Waals surface area contributed by atoms with E-state index in [0.29, 0.717) is 60.1 Å². The molecule has 1 aromatic rings. The second kappa shape index (κ2) is 13.3. The van der Waals surface area contributed by atoms with E-state index in [1.54, 1.807) is 7.11 Å². The van der Waals surface area contributed by atoms with Crippen molar-refractivity contribution in [2.24, 2.45) is 62.4 Å². The third kappa shape index (κ3) is 6.18. The summed E-state index contributed by atoms with van der Waals surface area (Å²) >= 11 is 0. The van der Waals surface area contributed by atoms with Crippen LogP contribution in [0.3, 0.4) is 0 Å². The summed E-state index contributed by atoms with van der Waals surface area (Å²) in [5.74, 6) is 3.44. The van der Waals surface area contributed by atoms with Gasteiger partial charge in [0, 0.05) is 18.3 Å². The van der Waals surface area contributed by atoms with Crippen LogP contribution in [0.5, 0.6) is 5.75 Å². The van der Waals surface area contributed by atoms with Gasteiger partial charge in [-0.3, -0.25) is 9.59 Å². The van der Waals surface area contributed by atoms with Gasteiger partial charge in [0.05, 0.1) is 20.3 Å². The van der Waals surface area contributed by atoms with Gasteiger partial charge >= 0.3 is 5.97 Å². The lowest BCUT2D eigenvalue weighted by Gasteiger charge is -2.73. The Labute approximate surface area is 296 Å². The van der Waals surface area contributed by atoms with E-state index in [0.717, 1.165) is 18.6 Å². The Kier molecular flexibility index (Phi) is 9.92. The topological polar surface area (TPSA) is 87.8 Å². The number of benzene rings is 1. The summed E-state index contributed by atoms with van der Waals surface area (Å²) < 4.78 is 17.8. The number of fused-ring (bicyclic) bond motifs is 7. The standard InChI is InChI=1S/C43H65NO5/c1-28(26-48-27-29-12-14-30(47-8)15-13-29)31-18-21-40(4)24-25-42(6)32(38(31)40)16-17-34-41(5)22-20-35(49-37(46)11-9-10-36(44)45)39(2,3)33(41)19-23-43(34,42)7/h12-15,31-35,38H,1,9-11,16-27H2,2-8H3,(H2,44,45)/t31-,32+,33-,34+,35-,38+,40+,41-,42+,43+/m0/s1. The van der Waals surface area contributed by atoms with E-state index in [1.165, 1.54) is 62.5 Å².